The van der Waals surface area contributed by atoms with E-state index in [4.69, 9.17) is 4.74 Å². The van der Waals surface area contributed by atoms with E-state index in [2.05, 4.69) is 33.0 Å². The number of nitrogens with zero attached hydrogens (tertiary/aromatic N) is 1. The highest BCUT2D eigenvalue weighted by atomic mass is 16.5. The number of amides is 2. The van der Waals surface area contributed by atoms with Crippen molar-refractivity contribution in [2.45, 2.75) is 47.1 Å². The van der Waals surface area contributed by atoms with Gasteiger partial charge in [-0.05, 0) is 53.1 Å². The van der Waals surface area contributed by atoms with Gasteiger partial charge in [-0.2, -0.15) is 0 Å². The van der Waals surface area contributed by atoms with E-state index < -0.39 is 0 Å². The lowest BCUT2D eigenvalue weighted by atomic mass is 10.1. The standard InChI is InChI=1S/C30H38N2O3/c1-22(2)14-16-32(17-15-23(3)4)29(33)21-35-28-19-26-13-9-8-12-25(26)18-27(28)30(34)31-20-24-10-6-5-7-11-24/h5-13,18-19,22-23H,14-17,20-21H2,1-4H3,(H,31,34). The van der Waals surface area contributed by atoms with E-state index >= 15 is 0 Å². The zero-order chi connectivity index (χ0) is 25.2. The predicted octanol–water partition coefficient (Wildman–Crippen LogP) is 6.07. The Morgan fingerprint density at radius 1 is 0.829 bits per heavy atom. The summed E-state index contributed by atoms with van der Waals surface area (Å²) in [5.41, 5.74) is 1.45. The second-order valence-electron chi connectivity index (χ2n) is 9.90. The Morgan fingerprint density at radius 3 is 2.00 bits per heavy atom. The highest BCUT2D eigenvalue weighted by molar-refractivity contribution is 6.01. The van der Waals surface area contributed by atoms with Crippen LogP contribution in [0.5, 0.6) is 5.75 Å². The molecule has 1 N–H and O–H groups in total. The summed E-state index contributed by atoms with van der Waals surface area (Å²) in [6.07, 6.45) is 1.90. The number of fused-ring (bicyclic) bond motifs is 1. The summed E-state index contributed by atoms with van der Waals surface area (Å²) < 4.78 is 6.02. The molecule has 0 saturated carbocycles. The third kappa shape index (κ3) is 8.13. The van der Waals surface area contributed by atoms with Gasteiger partial charge >= 0.3 is 0 Å². The van der Waals surface area contributed by atoms with Crippen LogP contribution in [0.2, 0.25) is 0 Å². The number of hydrogen-bond acceptors (Lipinski definition) is 3. The van der Waals surface area contributed by atoms with Crippen LogP contribution in [-0.2, 0) is 11.3 Å². The summed E-state index contributed by atoms with van der Waals surface area (Å²) in [7, 11) is 0. The molecule has 0 bridgehead atoms. The molecular formula is C30H38N2O3. The molecule has 0 aromatic heterocycles. The molecular weight excluding hydrogens is 436 g/mol. The largest absolute Gasteiger partial charge is 0.483 e. The van der Waals surface area contributed by atoms with Gasteiger partial charge in [-0.15, -0.1) is 0 Å². The molecule has 3 aromatic carbocycles. The second-order valence-corrected chi connectivity index (χ2v) is 9.90. The van der Waals surface area contributed by atoms with E-state index in [-0.39, 0.29) is 18.4 Å². The minimum atomic E-state index is -0.224. The van der Waals surface area contributed by atoms with Gasteiger partial charge in [-0.3, -0.25) is 9.59 Å². The quantitative estimate of drug-likeness (QED) is 0.347. The molecule has 186 valence electrons. The average Bonchev–Trinajstić information content (AvgIpc) is 2.85. The van der Waals surface area contributed by atoms with Gasteiger partial charge in [0.2, 0.25) is 0 Å². The Kier molecular flexibility index (Phi) is 9.71. The Bertz CT molecular complexity index is 1100. The van der Waals surface area contributed by atoms with Crippen LogP contribution in [0, 0.1) is 11.8 Å². The van der Waals surface area contributed by atoms with Gasteiger partial charge in [-0.25, -0.2) is 0 Å². The van der Waals surface area contributed by atoms with Crippen LogP contribution in [0.4, 0.5) is 0 Å². The molecule has 0 radical (unpaired) electrons. The Hall–Kier alpha value is -3.34. The molecule has 0 aliphatic heterocycles. The van der Waals surface area contributed by atoms with Gasteiger partial charge in [0, 0.05) is 19.6 Å². The smallest absolute Gasteiger partial charge is 0.260 e. The number of ether oxygens (including phenoxy) is 1. The Labute approximate surface area is 209 Å². The fraction of sp³-hybridized carbons (Fsp3) is 0.400. The zero-order valence-electron chi connectivity index (χ0n) is 21.4. The van der Waals surface area contributed by atoms with E-state index in [1.54, 1.807) is 0 Å². The van der Waals surface area contributed by atoms with Crippen molar-refractivity contribution in [2.75, 3.05) is 19.7 Å². The third-order valence-electron chi connectivity index (χ3n) is 6.05. The molecule has 0 aliphatic rings. The van der Waals surface area contributed by atoms with Crippen LogP contribution in [0.15, 0.2) is 66.7 Å². The van der Waals surface area contributed by atoms with Crippen molar-refractivity contribution in [1.29, 1.82) is 0 Å². The van der Waals surface area contributed by atoms with Gasteiger partial charge in [0.05, 0.1) is 5.56 Å². The summed E-state index contributed by atoms with van der Waals surface area (Å²) in [4.78, 5) is 28.1. The first kappa shape index (κ1) is 26.3. The maximum absolute atomic E-state index is 13.1. The normalized spacial score (nSPS) is 11.1. The monoisotopic (exact) mass is 474 g/mol. The van der Waals surface area contributed by atoms with Gasteiger partial charge in [0.15, 0.2) is 6.61 Å². The lowest BCUT2D eigenvalue weighted by Crippen LogP contribution is -2.37. The zero-order valence-corrected chi connectivity index (χ0v) is 21.4. The fourth-order valence-electron chi connectivity index (χ4n) is 3.81. The lowest BCUT2D eigenvalue weighted by molar-refractivity contribution is -0.133. The molecule has 0 atom stereocenters. The molecule has 0 heterocycles. The van der Waals surface area contributed by atoms with Crippen molar-refractivity contribution in [3.8, 4) is 5.75 Å². The second kappa shape index (κ2) is 12.9. The van der Waals surface area contributed by atoms with Crippen molar-refractivity contribution >= 4 is 22.6 Å². The summed E-state index contributed by atoms with van der Waals surface area (Å²) in [5, 5.41) is 4.90. The highest BCUT2D eigenvalue weighted by Crippen LogP contribution is 2.26. The van der Waals surface area contributed by atoms with E-state index in [0.717, 1.165) is 29.2 Å². The minimum absolute atomic E-state index is 0.0462. The topological polar surface area (TPSA) is 58.6 Å². The highest BCUT2D eigenvalue weighted by Gasteiger charge is 2.19. The van der Waals surface area contributed by atoms with Crippen molar-refractivity contribution in [3.63, 3.8) is 0 Å². The molecule has 2 amide bonds. The lowest BCUT2D eigenvalue weighted by Gasteiger charge is -2.25. The summed E-state index contributed by atoms with van der Waals surface area (Å²) in [6.45, 7) is 10.4. The maximum atomic E-state index is 13.1. The van der Waals surface area contributed by atoms with Crippen molar-refractivity contribution in [3.05, 3.63) is 77.9 Å². The van der Waals surface area contributed by atoms with Crippen LogP contribution < -0.4 is 10.1 Å². The number of carbonyl (C=O) groups is 2. The molecule has 5 heteroatoms. The molecule has 0 saturated heterocycles. The van der Waals surface area contributed by atoms with E-state index in [0.29, 0.717) is 42.8 Å². The van der Waals surface area contributed by atoms with Crippen LogP contribution in [0.3, 0.4) is 0 Å². The van der Waals surface area contributed by atoms with Crippen molar-refractivity contribution in [1.82, 2.24) is 10.2 Å². The van der Waals surface area contributed by atoms with E-state index in [1.807, 2.05) is 71.6 Å². The molecule has 5 nitrogen and oxygen atoms in total. The number of benzene rings is 3. The minimum Gasteiger partial charge on any atom is -0.483 e. The van der Waals surface area contributed by atoms with Crippen LogP contribution in [0.1, 0.15) is 56.5 Å². The maximum Gasteiger partial charge on any atom is 0.260 e. The summed E-state index contributed by atoms with van der Waals surface area (Å²) in [5.74, 6) is 1.19. The molecule has 35 heavy (non-hydrogen) atoms. The molecule has 0 aliphatic carbocycles. The average molecular weight is 475 g/mol. The number of nitrogens with one attached hydrogen (secondary N) is 1. The molecule has 3 aromatic rings. The van der Waals surface area contributed by atoms with Gasteiger partial charge < -0.3 is 15.0 Å². The SMILES string of the molecule is CC(C)CCN(CCC(C)C)C(=O)COc1cc2ccccc2cc1C(=O)NCc1ccccc1. The summed E-state index contributed by atoms with van der Waals surface area (Å²) >= 11 is 0. The third-order valence-corrected chi connectivity index (χ3v) is 6.05. The Morgan fingerprint density at radius 2 is 1.40 bits per heavy atom. The number of carbonyl (C=O) groups excluding carboxylic acids is 2. The number of hydrogen-bond donors (Lipinski definition) is 1. The van der Waals surface area contributed by atoms with Gasteiger partial charge in [0.1, 0.15) is 5.75 Å². The number of rotatable bonds is 12. The molecule has 0 spiro atoms. The van der Waals surface area contributed by atoms with E-state index in [1.165, 1.54) is 0 Å². The fourth-order valence-corrected chi connectivity index (χ4v) is 3.81. The summed E-state index contributed by atoms with van der Waals surface area (Å²) in [6, 6.07) is 21.3. The predicted molar refractivity (Wildman–Crippen MR) is 143 cm³/mol. The van der Waals surface area contributed by atoms with Crippen LogP contribution in [-0.4, -0.2) is 36.4 Å². The first-order valence-electron chi connectivity index (χ1n) is 12.6. The van der Waals surface area contributed by atoms with Gasteiger partial charge in [-0.1, -0.05) is 82.3 Å². The van der Waals surface area contributed by atoms with Crippen LogP contribution in [0.25, 0.3) is 10.8 Å². The van der Waals surface area contributed by atoms with Gasteiger partial charge in [0.25, 0.3) is 11.8 Å². The molecule has 0 fully saturated rings. The first-order chi connectivity index (χ1) is 16.8. The van der Waals surface area contributed by atoms with E-state index in [9.17, 15) is 9.59 Å². The Balaban J connectivity index is 1.76. The molecule has 3 rings (SSSR count). The first-order valence-corrected chi connectivity index (χ1v) is 12.6. The molecule has 0 unspecified atom stereocenters. The van der Waals surface area contributed by atoms with Crippen molar-refractivity contribution < 1.29 is 14.3 Å². The van der Waals surface area contributed by atoms with Crippen LogP contribution >= 0.6 is 0 Å². The van der Waals surface area contributed by atoms with Crippen molar-refractivity contribution in [2.24, 2.45) is 11.8 Å².